The molecule has 0 spiro atoms. The van der Waals surface area contributed by atoms with Crippen molar-refractivity contribution >= 4 is 23.2 Å². The number of hydrogen-bond acceptors (Lipinski definition) is 7. The summed E-state index contributed by atoms with van der Waals surface area (Å²) in [5.41, 5.74) is 1.03. The Morgan fingerprint density at radius 1 is 1.10 bits per heavy atom. The van der Waals surface area contributed by atoms with Crippen LogP contribution in [0.15, 0.2) is 48.8 Å². The molecule has 2 aromatic heterocycles. The number of aromatic amines is 1. The van der Waals surface area contributed by atoms with Gasteiger partial charge in [-0.3, -0.25) is 24.8 Å². The molecule has 31 heavy (non-hydrogen) atoms. The van der Waals surface area contributed by atoms with Gasteiger partial charge in [0.25, 0.3) is 5.69 Å². The first-order chi connectivity index (χ1) is 14.8. The number of H-pyrrole nitrogens is 1. The number of ketones is 2. The highest BCUT2D eigenvalue weighted by molar-refractivity contribution is 6.13. The third kappa shape index (κ3) is 4.69. The van der Waals surface area contributed by atoms with Crippen LogP contribution >= 0.6 is 0 Å². The van der Waals surface area contributed by atoms with E-state index in [4.69, 9.17) is 4.74 Å². The Kier molecular flexibility index (Phi) is 6.29. The molecule has 158 valence electrons. The number of carbonyl (C=O) groups is 3. The van der Waals surface area contributed by atoms with E-state index in [2.05, 4.69) is 10.2 Å². The van der Waals surface area contributed by atoms with E-state index in [0.29, 0.717) is 11.3 Å². The number of non-ortho nitro benzene ring substituents is 1. The fraction of sp³-hybridized carbons (Fsp3) is 0.190. The number of ether oxygens (including phenoxy) is 1. The molecule has 3 aromatic rings. The second-order valence-electron chi connectivity index (χ2n) is 6.61. The van der Waals surface area contributed by atoms with Crippen LogP contribution in [0.2, 0.25) is 0 Å². The van der Waals surface area contributed by atoms with E-state index in [1.165, 1.54) is 36.4 Å². The zero-order valence-corrected chi connectivity index (χ0v) is 16.8. The number of nitrogens with zero attached hydrogens (tertiary/aromatic N) is 3. The Morgan fingerprint density at radius 3 is 2.32 bits per heavy atom. The maximum atomic E-state index is 12.8. The quantitative estimate of drug-likeness (QED) is 0.193. The average Bonchev–Trinajstić information content (AvgIpc) is 3.15. The summed E-state index contributed by atoms with van der Waals surface area (Å²) in [5, 5.41) is 17.3. The van der Waals surface area contributed by atoms with Gasteiger partial charge in [-0.05, 0) is 26.0 Å². The number of aromatic nitrogens is 3. The first-order valence-electron chi connectivity index (χ1n) is 9.35. The van der Waals surface area contributed by atoms with Crippen LogP contribution in [0.3, 0.4) is 0 Å². The predicted molar refractivity (Wildman–Crippen MR) is 107 cm³/mol. The highest BCUT2D eigenvalue weighted by atomic mass is 16.6. The Hall–Kier alpha value is -4.21. The minimum Gasteiger partial charge on any atom is -0.462 e. The van der Waals surface area contributed by atoms with Crippen LogP contribution in [0.1, 0.15) is 49.4 Å². The second kappa shape index (κ2) is 9.08. The van der Waals surface area contributed by atoms with E-state index < -0.39 is 16.7 Å². The largest absolute Gasteiger partial charge is 0.462 e. The molecule has 2 heterocycles. The number of nitro benzene ring substituents is 1. The van der Waals surface area contributed by atoms with Crippen LogP contribution in [0.25, 0.3) is 0 Å². The maximum Gasteiger partial charge on any atom is 0.342 e. The Labute approximate surface area is 176 Å². The summed E-state index contributed by atoms with van der Waals surface area (Å²) < 4.78 is 6.56. The minimum atomic E-state index is -0.628. The lowest BCUT2D eigenvalue weighted by atomic mass is 10.0. The number of carbonyl (C=O) groups excluding carboxylic acids is 3. The standard InChI is InChI=1S/C21H18N4O6/c1-3-31-21(28)18-13(2)22-23-19(18)20(27)15-8-10-24(11-9-15)12-17(26)14-4-6-16(7-5-14)25(29)30/h4-11H,3,12H2,1-2H3/p+1. The second-order valence-corrected chi connectivity index (χ2v) is 6.61. The molecule has 0 fully saturated rings. The van der Waals surface area contributed by atoms with E-state index in [0.717, 1.165) is 0 Å². The Morgan fingerprint density at radius 2 is 1.74 bits per heavy atom. The fourth-order valence-electron chi connectivity index (χ4n) is 2.92. The van der Waals surface area contributed by atoms with E-state index in [1.54, 1.807) is 30.8 Å². The van der Waals surface area contributed by atoms with Crippen LogP contribution in [0.5, 0.6) is 0 Å². The van der Waals surface area contributed by atoms with Crippen molar-refractivity contribution in [3.05, 3.63) is 87.0 Å². The molecular weight excluding hydrogens is 404 g/mol. The van der Waals surface area contributed by atoms with Crippen molar-refractivity contribution in [3.63, 3.8) is 0 Å². The molecule has 0 aliphatic heterocycles. The average molecular weight is 423 g/mol. The SMILES string of the molecule is CCOC(=O)c1c(C(=O)c2cc[n+](CC(=O)c3ccc([N+](=O)[O-])cc3)cc2)n[nH]c1C. The van der Waals surface area contributed by atoms with Gasteiger partial charge < -0.3 is 4.74 Å². The van der Waals surface area contributed by atoms with Gasteiger partial charge in [0.2, 0.25) is 18.1 Å². The molecular formula is C21H19N4O6+. The summed E-state index contributed by atoms with van der Waals surface area (Å²) in [6, 6.07) is 8.37. The lowest BCUT2D eigenvalue weighted by molar-refractivity contribution is -0.683. The van der Waals surface area contributed by atoms with Crippen molar-refractivity contribution in [2.24, 2.45) is 0 Å². The summed E-state index contributed by atoms with van der Waals surface area (Å²) in [6.07, 6.45) is 3.11. The molecule has 10 heteroatoms. The van der Waals surface area contributed by atoms with Gasteiger partial charge in [0.15, 0.2) is 12.4 Å². The van der Waals surface area contributed by atoms with Crippen molar-refractivity contribution in [1.29, 1.82) is 0 Å². The van der Waals surface area contributed by atoms with Crippen LogP contribution in [0, 0.1) is 17.0 Å². The van der Waals surface area contributed by atoms with Gasteiger partial charge in [-0.2, -0.15) is 9.67 Å². The summed E-state index contributed by atoms with van der Waals surface area (Å²) in [4.78, 5) is 47.5. The molecule has 0 radical (unpaired) electrons. The van der Waals surface area contributed by atoms with Gasteiger partial charge in [-0.1, -0.05) is 0 Å². The number of hydrogen-bond donors (Lipinski definition) is 1. The molecule has 1 N–H and O–H groups in total. The molecule has 0 saturated carbocycles. The third-order valence-electron chi connectivity index (χ3n) is 4.52. The summed E-state index contributed by atoms with van der Waals surface area (Å²) >= 11 is 0. The molecule has 0 saturated heterocycles. The topological polar surface area (TPSA) is 136 Å². The highest BCUT2D eigenvalue weighted by Crippen LogP contribution is 2.16. The van der Waals surface area contributed by atoms with E-state index in [1.807, 2.05) is 0 Å². The monoisotopic (exact) mass is 423 g/mol. The first kappa shape index (κ1) is 21.5. The zero-order valence-electron chi connectivity index (χ0n) is 16.8. The highest BCUT2D eigenvalue weighted by Gasteiger charge is 2.26. The maximum absolute atomic E-state index is 12.8. The van der Waals surface area contributed by atoms with Crippen molar-refractivity contribution in [1.82, 2.24) is 10.2 Å². The van der Waals surface area contributed by atoms with E-state index in [9.17, 15) is 24.5 Å². The number of benzene rings is 1. The van der Waals surface area contributed by atoms with Crippen LogP contribution in [-0.4, -0.2) is 39.3 Å². The van der Waals surface area contributed by atoms with Crippen LogP contribution in [0.4, 0.5) is 5.69 Å². The number of rotatable bonds is 8. The summed E-state index contributed by atoms with van der Waals surface area (Å²) in [5.74, 6) is -1.33. The number of esters is 1. The molecule has 0 atom stereocenters. The Balaban J connectivity index is 1.74. The predicted octanol–water partition coefficient (Wildman–Crippen LogP) is 2.20. The van der Waals surface area contributed by atoms with Crippen LogP contribution in [-0.2, 0) is 11.3 Å². The van der Waals surface area contributed by atoms with Crippen molar-refractivity contribution < 1.29 is 28.6 Å². The van der Waals surface area contributed by atoms with Gasteiger partial charge in [0.1, 0.15) is 11.3 Å². The van der Waals surface area contributed by atoms with Gasteiger partial charge in [0, 0.05) is 41.1 Å². The minimum absolute atomic E-state index is 0.0120. The molecule has 1 aromatic carbocycles. The van der Waals surface area contributed by atoms with E-state index in [-0.39, 0.29) is 41.4 Å². The third-order valence-corrected chi connectivity index (χ3v) is 4.52. The van der Waals surface area contributed by atoms with Crippen LogP contribution < -0.4 is 4.57 Å². The molecule has 0 amide bonds. The lowest BCUT2D eigenvalue weighted by Crippen LogP contribution is -2.37. The summed E-state index contributed by atoms with van der Waals surface area (Å²) in [6.45, 7) is 3.45. The van der Waals surface area contributed by atoms with Crippen molar-refractivity contribution in [2.45, 2.75) is 20.4 Å². The Bertz CT molecular complexity index is 1150. The number of nitro groups is 1. The smallest absolute Gasteiger partial charge is 0.342 e. The normalized spacial score (nSPS) is 10.5. The molecule has 0 unspecified atom stereocenters. The number of nitrogens with one attached hydrogen (secondary N) is 1. The summed E-state index contributed by atoms with van der Waals surface area (Å²) in [7, 11) is 0. The molecule has 0 aliphatic rings. The van der Waals surface area contributed by atoms with Gasteiger partial charge in [-0.25, -0.2) is 4.79 Å². The van der Waals surface area contributed by atoms with Crippen molar-refractivity contribution in [2.75, 3.05) is 6.61 Å². The van der Waals surface area contributed by atoms with Gasteiger partial charge in [0.05, 0.1) is 11.5 Å². The van der Waals surface area contributed by atoms with Crippen molar-refractivity contribution in [3.8, 4) is 0 Å². The van der Waals surface area contributed by atoms with Gasteiger partial charge >= 0.3 is 5.97 Å². The number of pyridine rings is 1. The zero-order chi connectivity index (χ0) is 22.5. The molecule has 0 bridgehead atoms. The molecule has 10 nitrogen and oxygen atoms in total. The first-order valence-corrected chi connectivity index (χ1v) is 9.35. The molecule has 3 rings (SSSR count). The van der Waals surface area contributed by atoms with E-state index >= 15 is 0 Å². The van der Waals surface area contributed by atoms with Gasteiger partial charge in [-0.15, -0.1) is 0 Å². The number of aryl methyl sites for hydroxylation is 1. The fourth-order valence-corrected chi connectivity index (χ4v) is 2.92. The lowest BCUT2D eigenvalue weighted by Gasteiger charge is -2.03. The molecule has 0 aliphatic carbocycles. The number of Topliss-reactive ketones (excluding diaryl/α,β-unsaturated/α-hetero) is 1.